The predicted molar refractivity (Wildman–Crippen MR) is 77.0 cm³/mol. The number of sulfonamides is 1. The minimum atomic E-state index is -4.20. The van der Waals surface area contributed by atoms with Gasteiger partial charge in [0.25, 0.3) is 0 Å². The Bertz CT molecular complexity index is 673. The third-order valence-electron chi connectivity index (χ3n) is 3.66. The van der Waals surface area contributed by atoms with Gasteiger partial charge in [-0.3, -0.25) is 0 Å². The van der Waals surface area contributed by atoms with Gasteiger partial charge in [0.2, 0.25) is 10.0 Å². The molecule has 0 atom stereocenters. The van der Waals surface area contributed by atoms with Crippen LogP contribution in [0.4, 0.5) is 13.2 Å². The number of alkyl halides is 3. The summed E-state index contributed by atoms with van der Waals surface area (Å²) in [4.78, 5) is 1.69. The molecule has 0 amide bonds. The lowest BCUT2D eigenvalue weighted by Gasteiger charge is -2.34. The minimum absolute atomic E-state index is 0.0836. The maximum atomic E-state index is 12.5. The summed E-state index contributed by atoms with van der Waals surface area (Å²) in [7, 11) is -3.68. The number of nitrogens with zero attached hydrogens (tertiary/aromatic N) is 3. The molecule has 0 saturated carbocycles. The standard InChI is InChI=1S/C14H16F3N3O2S/c15-14(16,17)5-6-19-7-9-20(10-8-19)23(21,22)13-3-1-12(11-18)2-4-13/h1-4H,5-10H2. The van der Waals surface area contributed by atoms with Crippen molar-refractivity contribution in [2.45, 2.75) is 17.5 Å². The molecule has 2 rings (SSSR count). The van der Waals surface area contributed by atoms with Gasteiger partial charge in [-0.25, -0.2) is 8.42 Å². The average Bonchev–Trinajstić information content (AvgIpc) is 2.53. The molecule has 1 saturated heterocycles. The monoisotopic (exact) mass is 347 g/mol. The molecular weight excluding hydrogens is 331 g/mol. The molecule has 5 nitrogen and oxygen atoms in total. The van der Waals surface area contributed by atoms with E-state index in [9.17, 15) is 21.6 Å². The Hall–Kier alpha value is -1.63. The van der Waals surface area contributed by atoms with Crippen LogP contribution in [0.1, 0.15) is 12.0 Å². The van der Waals surface area contributed by atoms with Gasteiger partial charge in [-0.15, -0.1) is 0 Å². The van der Waals surface area contributed by atoms with Crippen LogP contribution in [0.3, 0.4) is 0 Å². The number of piperazine rings is 1. The van der Waals surface area contributed by atoms with Crippen LogP contribution >= 0.6 is 0 Å². The van der Waals surface area contributed by atoms with Gasteiger partial charge in [-0.2, -0.15) is 22.7 Å². The Labute approximate surface area is 133 Å². The average molecular weight is 347 g/mol. The molecule has 1 heterocycles. The highest BCUT2D eigenvalue weighted by molar-refractivity contribution is 7.89. The van der Waals surface area contributed by atoms with E-state index in [-0.39, 0.29) is 37.6 Å². The molecular formula is C14H16F3N3O2S. The van der Waals surface area contributed by atoms with Crippen molar-refractivity contribution in [3.63, 3.8) is 0 Å². The van der Waals surface area contributed by atoms with Gasteiger partial charge in [0.15, 0.2) is 0 Å². The summed E-state index contributed by atoms with van der Waals surface area (Å²) in [5.74, 6) is 0. The van der Waals surface area contributed by atoms with Gasteiger partial charge in [-0.1, -0.05) is 0 Å². The summed E-state index contributed by atoms with van der Waals surface area (Å²) in [5.41, 5.74) is 0.362. The molecule has 0 aromatic heterocycles. The van der Waals surface area contributed by atoms with E-state index in [1.807, 2.05) is 6.07 Å². The molecule has 0 bridgehead atoms. The molecule has 0 radical (unpaired) electrons. The molecule has 1 fully saturated rings. The highest BCUT2D eigenvalue weighted by Gasteiger charge is 2.31. The van der Waals surface area contributed by atoms with E-state index < -0.39 is 22.6 Å². The molecule has 1 aromatic carbocycles. The van der Waals surface area contributed by atoms with E-state index in [1.165, 1.54) is 28.6 Å². The van der Waals surface area contributed by atoms with E-state index in [0.717, 1.165) is 0 Å². The molecule has 1 aromatic rings. The van der Waals surface area contributed by atoms with Crippen LogP contribution in [0.2, 0.25) is 0 Å². The van der Waals surface area contributed by atoms with Gasteiger partial charge in [0.05, 0.1) is 22.9 Å². The highest BCUT2D eigenvalue weighted by Crippen LogP contribution is 2.22. The zero-order valence-electron chi connectivity index (χ0n) is 12.3. The normalized spacial score (nSPS) is 17.8. The predicted octanol–water partition coefficient (Wildman–Crippen LogP) is 1.82. The maximum absolute atomic E-state index is 12.5. The molecule has 1 aliphatic rings. The Balaban J connectivity index is 1.97. The second kappa shape index (κ2) is 6.86. The summed E-state index contributed by atoms with van der Waals surface area (Å²) in [6, 6.07) is 7.49. The van der Waals surface area contributed by atoms with Crippen LogP contribution in [0.25, 0.3) is 0 Å². The number of rotatable bonds is 4. The fraction of sp³-hybridized carbons (Fsp3) is 0.500. The van der Waals surface area contributed by atoms with Crippen LogP contribution in [0.5, 0.6) is 0 Å². The van der Waals surface area contributed by atoms with Crippen molar-refractivity contribution >= 4 is 10.0 Å². The topological polar surface area (TPSA) is 64.4 Å². The quantitative estimate of drug-likeness (QED) is 0.833. The SMILES string of the molecule is N#Cc1ccc(S(=O)(=O)N2CCN(CCC(F)(F)F)CC2)cc1. The van der Waals surface area contributed by atoms with E-state index in [0.29, 0.717) is 5.56 Å². The first kappa shape index (κ1) is 17.7. The van der Waals surface area contributed by atoms with Crippen molar-refractivity contribution in [3.05, 3.63) is 29.8 Å². The van der Waals surface area contributed by atoms with Gasteiger partial charge in [0, 0.05) is 32.7 Å². The molecule has 126 valence electrons. The van der Waals surface area contributed by atoms with Crippen molar-refractivity contribution in [1.29, 1.82) is 5.26 Å². The summed E-state index contributed by atoms with van der Waals surface area (Å²) in [6.07, 6.45) is -5.10. The zero-order chi connectivity index (χ0) is 17.1. The summed E-state index contributed by atoms with van der Waals surface area (Å²) in [6.45, 7) is 0.728. The Kier molecular flexibility index (Phi) is 5.29. The van der Waals surface area contributed by atoms with Crippen LogP contribution in [-0.4, -0.2) is 56.5 Å². The van der Waals surface area contributed by atoms with Crippen LogP contribution in [0.15, 0.2) is 29.2 Å². The molecule has 0 unspecified atom stereocenters. The summed E-state index contributed by atoms with van der Waals surface area (Å²) in [5, 5.41) is 8.72. The lowest BCUT2D eigenvalue weighted by Crippen LogP contribution is -2.49. The molecule has 0 aliphatic carbocycles. The number of hydrogen-bond donors (Lipinski definition) is 0. The highest BCUT2D eigenvalue weighted by atomic mass is 32.2. The largest absolute Gasteiger partial charge is 0.390 e. The van der Waals surface area contributed by atoms with Crippen LogP contribution in [0, 0.1) is 11.3 Å². The third-order valence-corrected chi connectivity index (χ3v) is 5.58. The van der Waals surface area contributed by atoms with Gasteiger partial charge in [-0.05, 0) is 24.3 Å². The summed E-state index contributed by atoms with van der Waals surface area (Å²) < 4.78 is 62.8. The van der Waals surface area contributed by atoms with Crippen LogP contribution in [-0.2, 0) is 10.0 Å². The number of nitriles is 1. The first-order chi connectivity index (χ1) is 10.7. The molecule has 1 aliphatic heterocycles. The molecule has 0 spiro atoms. The Morgan fingerprint density at radius 3 is 2.13 bits per heavy atom. The fourth-order valence-corrected chi connectivity index (χ4v) is 3.75. The van der Waals surface area contributed by atoms with Crippen LogP contribution < -0.4 is 0 Å². The maximum Gasteiger partial charge on any atom is 0.390 e. The Morgan fingerprint density at radius 1 is 1.09 bits per heavy atom. The molecule has 0 N–H and O–H groups in total. The van der Waals surface area contributed by atoms with Gasteiger partial charge < -0.3 is 4.90 Å². The summed E-state index contributed by atoms with van der Waals surface area (Å²) >= 11 is 0. The fourth-order valence-electron chi connectivity index (χ4n) is 2.33. The zero-order valence-corrected chi connectivity index (χ0v) is 13.1. The number of halogens is 3. The number of benzene rings is 1. The van der Waals surface area contributed by atoms with Gasteiger partial charge >= 0.3 is 6.18 Å². The van der Waals surface area contributed by atoms with E-state index >= 15 is 0 Å². The lowest BCUT2D eigenvalue weighted by atomic mass is 10.2. The second-order valence-electron chi connectivity index (χ2n) is 5.25. The van der Waals surface area contributed by atoms with E-state index in [1.54, 1.807) is 4.90 Å². The first-order valence-electron chi connectivity index (χ1n) is 7.02. The molecule has 9 heteroatoms. The van der Waals surface area contributed by atoms with Crippen molar-refractivity contribution in [2.75, 3.05) is 32.7 Å². The minimum Gasteiger partial charge on any atom is -0.300 e. The smallest absolute Gasteiger partial charge is 0.300 e. The van der Waals surface area contributed by atoms with Crippen molar-refractivity contribution in [2.24, 2.45) is 0 Å². The second-order valence-corrected chi connectivity index (χ2v) is 7.19. The lowest BCUT2D eigenvalue weighted by molar-refractivity contribution is -0.138. The number of hydrogen-bond acceptors (Lipinski definition) is 4. The molecule has 23 heavy (non-hydrogen) atoms. The third kappa shape index (κ3) is 4.67. The Morgan fingerprint density at radius 2 is 1.65 bits per heavy atom. The van der Waals surface area contributed by atoms with E-state index in [4.69, 9.17) is 5.26 Å². The van der Waals surface area contributed by atoms with E-state index in [2.05, 4.69) is 0 Å². The van der Waals surface area contributed by atoms with Crippen molar-refractivity contribution in [3.8, 4) is 6.07 Å². The van der Waals surface area contributed by atoms with Crippen molar-refractivity contribution in [1.82, 2.24) is 9.21 Å². The van der Waals surface area contributed by atoms with Crippen molar-refractivity contribution < 1.29 is 21.6 Å². The van der Waals surface area contributed by atoms with Gasteiger partial charge in [0.1, 0.15) is 0 Å². The first-order valence-corrected chi connectivity index (χ1v) is 8.46.